The van der Waals surface area contributed by atoms with Crippen molar-refractivity contribution in [2.45, 2.75) is 84.7 Å². The van der Waals surface area contributed by atoms with Gasteiger partial charge >= 0.3 is 14.2 Å². The van der Waals surface area contributed by atoms with Gasteiger partial charge in [-0.15, -0.1) is 0 Å². The molecule has 8 heteroatoms. The highest BCUT2D eigenvalue weighted by atomic mass is 79.9. The zero-order valence-electron chi connectivity index (χ0n) is 16.6. The van der Waals surface area contributed by atoms with Crippen LogP contribution in [0.3, 0.4) is 0 Å². The first-order valence-electron chi connectivity index (χ1n) is 8.68. The van der Waals surface area contributed by atoms with Crippen molar-refractivity contribution in [3.05, 3.63) is 10.0 Å². The molecule has 2 aliphatic rings. The molecule has 0 aromatic carbocycles. The molecule has 3 heterocycles. The van der Waals surface area contributed by atoms with Gasteiger partial charge in [-0.3, -0.25) is 0 Å². The molecule has 2 aliphatic heterocycles. The lowest BCUT2D eigenvalue weighted by Gasteiger charge is -2.32. The van der Waals surface area contributed by atoms with Gasteiger partial charge in [-0.1, -0.05) is 15.9 Å². The maximum atomic E-state index is 6.23. The smallest absolute Gasteiger partial charge is 0.399 e. The minimum absolute atomic E-state index is 0.356. The molecule has 0 saturated carbocycles. The van der Waals surface area contributed by atoms with Crippen molar-refractivity contribution in [1.82, 2.24) is 0 Å². The van der Waals surface area contributed by atoms with Crippen LogP contribution in [0.5, 0.6) is 0 Å². The molecule has 138 valence electrons. The fourth-order valence-electron chi connectivity index (χ4n) is 2.81. The van der Waals surface area contributed by atoms with Crippen LogP contribution in [0, 0.1) is 6.92 Å². The Morgan fingerprint density at radius 3 is 1.36 bits per heavy atom. The number of hydrogen-bond acceptors (Lipinski definition) is 5. The van der Waals surface area contributed by atoms with Gasteiger partial charge in [0.2, 0.25) is 0 Å². The van der Waals surface area contributed by atoms with Crippen LogP contribution in [0.15, 0.2) is 4.47 Å². The molecular formula is C17H27B2BrO4S. The summed E-state index contributed by atoms with van der Waals surface area (Å²) in [7, 11) is -0.762. The monoisotopic (exact) mass is 428 g/mol. The summed E-state index contributed by atoms with van der Waals surface area (Å²) in [5.41, 5.74) is -0.317. The Morgan fingerprint density at radius 2 is 1.00 bits per heavy atom. The Morgan fingerprint density at radius 1 is 0.680 bits per heavy atom. The molecule has 0 amide bonds. The molecule has 2 fully saturated rings. The second-order valence-corrected chi connectivity index (χ2v) is 10.8. The Kier molecular flexibility index (Phi) is 4.63. The molecule has 0 aliphatic carbocycles. The average molecular weight is 429 g/mol. The van der Waals surface area contributed by atoms with Crippen LogP contribution in [0.1, 0.15) is 61.0 Å². The summed E-state index contributed by atoms with van der Waals surface area (Å²) in [4.78, 5) is 0. The lowest BCUT2D eigenvalue weighted by molar-refractivity contribution is 0.00578. The van der Waals surface area contributed by atoms with Crippen molar-refractivity contribution in [2.75, 3.05) is 0 Å². The van der Waals surface area contributed by atoms with Gasteiger partial charge in [0.1, 0.15) is 0 Å². The van der Waals surface area contributed by atoms with Gasteiger partial charge in [-0.25, -0.2) is 0 Å². The van der Waals surface area contributed by atoms with Gasteiger partial charge in [0, 0.05) is 14.0 Å². The summed E-state index contributed by atoms with van der Waals surface area (Å²) < 4.78 is 28.0. The molecule has 4 nitrogen and oxygen atoms in total. The predicted molar refractivity (Wildman–Crippen MR) is 108 cm³/mol. The van der Waals surface area contributed by atoms with Crippen molar-refractivity contribution in [2.24, 2.45) is 0 Å². The van der Waals surface area contributed by atoms with Crippen LogP contribution in [-0.4, -0.2) is 36.6 Å². The normalized spacial score (nSPS) is 26.5. The van der Waals surface area contributed by atoms with E-state index in [0.717, 1.165) is 19.6 Å². The number of rotatable bonds is 2. The van der Waals surface area contributed by atoms with Crippen LogP contribution < -0.4 is 9.55 Å². The second-order valence-electron chi connectivity index (χ2n) is 8.95. The standard InChI is InChI=1S/C17H27B2BrO4S/c1-10-11(20)13(19-23-16(6,7)17(8,9)24-19)25-12(10)18-21-14(2,3)15(4,5)22-18/h1-9H3. The Balaban J connectivity index is 1.93. The molecular weight excluding hydrogens is 402 g/mol. The lowest BCUT2D eigenvalue weighted by Crippen LogP contribution is -2.41. The van der Waals surface area contributed by atoms with E-state index in [0.29, 0.717) is 0 Å². The first-order valence-corrected chi connectivity index (χ1v) is 10.3. The van der Waals surface area contributed by atoms with Crippen molar-refractivity contribution < 1.29 is 18.6 Å². The summed E-state index contributed by atoms with van der Waals surface area (Å²) in [5, 5.41) is 0. The highest BCUT2D eigenvalue weighted by Crippen LogP contribution is 2.40. The fourth-order valence-corrected chi connectivity index (χ4v) is 4.70. The SMILES string of the molecule is Cc1c(B2OC(C)(C)C(C)(C)O2)sc(B2OC(C)(C)C(C)(C)O2)c1Br. The lowest BCUT2D eigenvalue weighted by atomic mass is 9.83. The van der Waals surface area contributed by atoms with E-state index in [2.05, 4.69) is 78.2 Å². The molecule has 0 bridgehead atoms. The van der Waals surface area contributed by atoms with Crippen molar-refractivity contribution >= 4 is 51.1 Å². The largest absolute Gasteiger partial charge is 0.506 e. The third kappa shape index (κ3) is 3.07. The molecule has 3 rings (SSSR count). The Labute approximate surface area is 164 Å². The predicted octanol–water partition coefficient (Wildman–Crippen LogP) is 3.42. The second kappa shape index (κ2) is 5.82. The minimum atomic E-state index is -0.390. The maximum absolute atomic E-state index is 6.23. The summed E-state index contributed by atoms with van der Waals surface area (Å²) >= 11 is 5.37. The van der Waals surface area contributed by atoms with E-state index in [1.807, 2.05) is 0 Å². The highest BCUT2D eigenvalue weighted by Gasteiger charge is 2.55. The number of hydrogen-bond donors (Lipinski definition) is 0. The molecule has 1 aromatic heterocycles. The van der Waals surface area contributed by atoms with E-state index in [-0.39, 0.29) is 36.6 Å². The minimum Gasteiger partial charge on any atom is -0.399 e. The fraction of sp³-hybridized carbons (Fsp3) is 0.765. The summed E-state index contributed by atoms with van der Waals surface area (Å²) in [6.07, 6.45) is 0. The molecule has 1 aromatic rings. The Bertz CT molecular complexity index is 611. The summed E-state index contributed by atoms with van der Waals surface area (Å²) in [5.74, 6) is 0. The molecule has 0 spiro atoms. The van der Waals surface area contributed by atoms with Gasteiger partial charge in [0.25, 0.3) is 0 Å². The number of halogens is 1. The maximum Gasteiger partial charge on any atom is 0.506 e. The van der Waals surface area contributed by atoms with Gasteiger partial charge in [-0.2, -0.15) is 11.3 Å². The first kappa shape index (κ1) is 19.9. The van der Waals surface area contributed by atoms with E-state index in [1.54, 1.807) is 11.3 Å². The van der Waals surface area contributed by atoms with E-state index in [4.69, 9.17) is 18.6 Å². The molecule has 2 saturated heterocycles. The zero-order valence-corrected chi connectivity index (χ0v) is 19.0. The molecule has 0 unspecified atom stereocenters. The topological polar surface area (TPSA) is 36.9 Å². The van der Waals surface area contributed by atoms with Crippen molar-refractivity contribution in [3.8, 4) is 0 Å². The van der Waals surface area contributed by atoms with Gasteiger partial charge in [0.15, 0.2) is 0 Å². The van der Waals surface area contributed by atoms with E-state index in [1.165, 1.54) is 0 Å². The Hall–Kier alpha value is 0.150. The molecule has 0 atom stereocenters. The third-order valence-electron chi connectivity index (χ3n) is 6.07. The van der Waals surface area contributed by atoms with Gasteiger partial charge < -0.3 is 18.6 Å². The summed E-state index contributed by atoms with van der Waals surface area (Å²) in [6.45, 7) is 18.6. The third-order valence-corrected chi connectivity index (χ3v) is 8.69. The molecule has 0 N–H and O–H groups in total. The molecule has 25 heavy (non-hydrogen) atoms. The first-order chi connectivity index (χ1) is 11.2. The van der Waals surface area contributed by atoms with E-state index >= 15 is 0 Å². The van der Waals surface area contributed by atoms with E-state index < -0.39 is 0 Å². The van der Waals surface area contributed by atoms with Crippen LogP contribution in [-0.2, 0) is 18.6 Å². The van der Waals surface area contributed by atoms with E-state index in [9.17, 15) is 0 Å². The average Bonchev–Trinajstić information content (AvgIpc) is 2.91. The quantitative estimate of drug-likeness (QED) is 0.676. The number of thiophene rings is 1. The van der Waals surface area contributed by atoms with Crippen LogP contribution >= 0.6 is 27.3 Å². The van der Waals surface area contributed by atoms with Crippen molar-refractivity contribution in [3.63, 3.8) is 0 Å². The van der Waals surface area contributed by atoms with Crippen molar-refractivity contribution in [1.29, 1.82) is 0 Å². The van der Waals surface area contributed by atoms with Gasteiger partial charge in [-0.05, 0) is 67.9 Å². The molecule has 0 radical (unpaired) electrons. The summed E-state index contributed by atoms with van der Waals surface area (Å²) in [6, 6.07) is 0. The van der Waals surface area contributed by atoms with Crippen LogP contribution in [0.4, 0.5) is 0 Å². The van der Waals surface area contributed by atoms with Crippen LogP contribution in [0.2, 0.25) is 0 Å². The zero-order chi connectivity index (χ0) is 19.0. The van der Waals surface area contributed by atoms with Crippen LogP contribution in [0.25, 0.3) is 0 Å². The highest BCUT2D eigenvalue weighted by molar-refractivity contribution is 9.10. The van der Waals surface area contributed by atoms with Gasteiger partial charge in [0.05, 0.1) is 22.4 Å².